The molecule has 0 aliphatic heterocycles. The van der Waals surface area contributed by atoms with Gasteiger partial charge >= 0.3 is 5.97 Å². The molecule has 0 amide bonds. The number of nitrogens with zero attached hydrogens (tertiary/aromatic N) is 2. The molecule has 29 heavy (non-hydrogen) atoms. The lowest BCUT2D eigenvalue weighted by Gasteiger charge is -2.09. The first-order valence-corrected chi connectivity index (χ1v) is 9.83. The summed E-state index contributed by atoms with van der Waals surface area (Å²) in [5.41, 5.74) is 2.29. The van der Waals surface area contributed by atoms with E-state index in [1.165, 1.54) is 0 Å². The molecule has 0 radical (unpaired) electrons. The molecule has 0 fully saturated rings. The predicted molar refractivity (Wildman–Crippen MR) is 113 cm³/mol. The Hall–Kier alpha value is -3.06. The van der Waals surface area contributed by atoms with Gasteiger partial charge in [0.1, 0.15) is 5.75 Å². The summed E-state index contributed by atoms with van der Waals surface area (Å²) in [5, 5.41) is 10.9. The highest BCUT2D eigenvalue weighted by molar-refractivity contribution is 7.71. The van der Waals surface area contributed by atoms with Crippen LogP contribution in [-0.2, 0) is 28.9 Å². The van der Waals surface area contributed by atoms with Gasteiger partial charge in [0.15, 0.2) is 4.77 Å². The van der Waals surface area contributed by atoms with Crippen LogP contribution in [0.3, 0.4) is 0 Å². The number of para-hydroxylation sites is 1. The predicted octanol–water partition coefficient (Wildman–Crippen LogP) is 4.07. The zero-order chi connectivity index (χ0) is 20.8. The van der Waals surface area contributed by atoms with Crippen LogP contribution in [0, 0.1) is 4.77 Å². The van der Waals surface area contributed by atoms with Crippen molar-refractivity contribution in [3.63, 3.8) is 0 Å². The number of aryl methyl sites for hydroxylation is 1. The Morgan fingerprint density at radius 1 is 1.10 bits per heavy atom. The maximum Gasteiger partial charge on any atom is 0.311 e. The highest BCUT2D eigenvalue weighted by atomic mass is 32.1. The molecule has 1 N–H and O–H groups in total. The molecule has 1 aromatic heterocycles. The molecule has 1 heterocycles. The highest BCUT2D eigenvalue weighted by Gasteiger charge is 2.21. The molecule has 2 aromatic carbocycles. The van der Waals surface area contributed by atoms with Crippen LogP contribution in [0.25, 0.3) is 5.69 Å². The average Bonchev–Trinajstić information content (AvgIpc) is 2.97. The van der Waals surface area contributed by atoms with Crippen molar-refractivity contribution in [2.24, 2.45) is 0 Å². The summed E-state index contributed by atoms with van der Waals surface area (Å²) in [4.78, 5) is 12.1. The number of rotatable bonds is 8. The van der Waals surface area contributed by atoms with Gasteiger partial charge < -0.3 is 19.1 Å². The van der Waals surface area contributed by atoms with Crippen LogP contribution in [0.15, 0.2) is 54.6 Å². The van der Waals surface area contributed by atoms with Crippen molar-refractivity contribution in [3.8, 4) is 17.3 Å². The van der Waals surface area contributed by atoms with Crippen molar-refractivity contribution in [2.75, 3.05) is 13.7 Å². The van der Waals surface area contributed by atoms with Crippen molar-refractivity contribution in [2.45, 2.75) is 26.3 Å². The molecular weight excluding hydrogens is 388 g/mol. The Balaban J connectivity index is 1.96. The smallest absolute Gasteiger partial charge is 0.311 e. The number of esters is 1. The molecule has 3 rings (SSSR count). The van der Waals surface area contributed by atoms with Gasteiger partial charge in [0, 0.05) is 6.54 Å². The topological polar surface area (TPSA) is 65.6 Å². The number of ether oxygens (including phenoxy) is 2. The summed E-state index contributed by atoms with van der Waals surface area (Å²) >= 11 is 5.65. The van der Waals surface area contributed by atoms with Crippen LogP contribution in [0.1, 0.15) is 18.2 Å². The first-order valence-electron chi connectivity index (χ1n) is 9.42. The molecule has 6 nitrogen and oxygen atoms in total. The number of hydrogen-bond donors (Lipinski definition) is 1. The standard InChI is InChI=1S/C22H24N2O4S/c1-3-28-20(25)15-19-21(26)24(17-7-5-4-6-8-17)22(29)23(19)14-13-16-9-11-18(27-2)12-10-16/h4-12,26H,3,13-15H2,1-2H3. The number of carbonyl (C=O) groups is 1. The van der Waals surface area contributed by atoms with Gasteiger partial charge in [-0.1, -0.05) is 30.3 Å². The zero-order valence-corrected chi connectivity index (χ0v) is 17.3. The van der Waals surface area contributed by atoms with Gasteiger partial charge in [0.25, 0.3) is 0 Å². The van der Waals surface area contributed by atoms with E-state index in [2.05, 4.69) is 0 Å². The summed E-state index contributed by atoms with van der Waals surface area (Å²) in [7, 11) is 1.63. The fourth-order valence-corrected chi connectivity index (χ4v) is 3.57. The lowest BCUT2D eigenvalue weighted by atomic mass is 10.1. The molecule has 0 aliphatic rings. The molecular formula is C22H24N2O4S. The third-order valence-corrected chi connectivity index (χ3v) is 5.04. The second kappa shape index (κ2) is 9.43. The van der Waals surface area contributed by atoms with E-state index in [1.807, 2.05) is 54.6 Å². The van der Waals surface area contributed by atoms with E-state index in [9.17, 15) is 9.90 Å². The normalized spacial score (nSPS) is 10.7. The molecule has 0 saturated heterocycles. The Kier molecular flexibility index (Phi) is 6.72. The minimum absolute atomic E-state index is 0.0380. The van der Waals surface area contributed by atoms with Crippen molar-refractivity contribution in [1.82, 2.24) is 9.13 Å². The molecule has 0 saturated carbocycles. The molecule has 7 heteroatoms. The molecule has 0 bridgehead atoms. The van der Waals surface area contributed by atoms with Gasteiger partial charge in [0.05, 0.1) is 31.5 Å². The number of aromatic hydroxyl groups is 1. The number of aromatic nitrogens is 2. The van der Waals surface area contributed by atoms with Gasteiger partial charge in [-0.25, -0.2) is 0 Å². The lowest BCUT2D eigenvalue weighted by molar-refractivity contribution is -0.142. The Labute approximate surface area is 174 Å². The van der Waals surface area contributed by atoms with E-state index in [0.29, 0.717) is 23.4 Å². The van der Waals surface area contributed by atoms with Crippen LogP contribution < -0.4 is 4.74 Å². The van der Waals surface area contributed by atoms with E-state index in [-0.39, 0.29) is 18.9 Å². The van der Waals surface area contributed by atoms with Crippen LogP contribution in [-0.4, -0.2) is 33.9 Å². The first kappa shape index (κ1) is 20.7. The maximum absolute atomic E-state index is 12.1. The van der Waals surface area contributed by atoms with Crippen molar-refractivity contribution in [3.05, 3.63) is 70.6 Å². The Bertz CT molecular complexity index is 1020. The number of carbonyl (C=O) groups excluding carboxylic acids is 1. The van der Waals surface area contributed by atoms with Gasteiger partial charge in [-0.15, -0.1) is 0 Å². The number of imidazole rings is 1. The second-order valence-electron chi connectivity index (χ2n) is 6.46. The van der Waals surface area contributed by atoms with E-state index < -0.39 is 5.97 Å². The minimum atomic E-state index is -0.402. The molecule has 3 aromatic rings. The van der Waals surface area contributed by atoms with Gasteiger partial charge in [-0.2, -0.15) is 0 Å². The largest absolute Gasteiger partial charge is 0.497 e. The molecule has 0 spiro atoms. The van der Waals surface area contributed by atoms with Crippen molar-refractivity contribution >= 4 is 18.2 Å². The first-order chi connectivity index (χ1) is 14.0. The van der Waals surface area contributed by atoms with Crippen LogP contribution >= 0.6 is 12.2 Å². The summed E-state index contributed by atoms with van der Waals surface area (Å²) in [6, 6.07) is 17.1. The fourth-order valence-electron chi connectivity index (χ4n) is 3.17. The molecule has 152 valence electrons. The number of hydrogen-bond acceptors (Lipinski definition) is 5. The van der Waals surface area contributed by atoms with Crippen molar-refractivity contribution in [1.29, 1.82) is 0 Å². The summed E-state index contributed by atoms with van der Waals surface area (Å²) in [6.45, 7) is 2.56. The Morgan fingerprint density at radius 2 is 1.79 bits per heavy atom. The van der Waals surface area contributed by atoms with Gasteiger partial charge in [-0.05, 0) is 55.4 Å². The van der Waals surface area contributed by atoms with E-state index in [1.54, 1.807) is 23.2 Å². The average molecular weight is 413 g/mol. The van der Waals surface area contributed by atoms with Gasteiger partial charge in [-0.3, -0.25) is 9.36 Å². The Morgan fingerprint density at radius 3 is 2.41 bits per heavy atom. The number of methoxy groups -OCH3 is 1. The molecule has 0 aliphatic carbocycles. The molecule has 0 atom stereocenters. The monoisotopic (exact) mass is 412 g/mol. The van der Waals surface area contributed by atoms with Crippen LogP contribution in [0.2, 0.25) is 0 Å². The summed E-state index contributed by atoms with van der Waals surface area (Å²) in [5.74, 6) is 0.353. The quantitative estimate of drug-likeness (QED) is 0.446. The SMILES string of the molecule is CCOC(=O)Cc1c(O)n(-c2ccccc2)c(=S)n1CCc1ccc(OC)cc1. The van der Waals surface area contributed by atoms with Gasteiger partial charge in [0.2, 0.25) is 5.88 Å². The third kappa shape index (κ3) is 4.68. The summed E-state index contributed by atoms with van der Waals surface area (Å²) in [6.07, 6.45) is 0.637. The zero-order valence-electron chi connectivity index (χ0n) is 16.5. The second-order valence-corrected chi connectivity index (χ2v) is 6.82. The van der Waals surface area contributed by atoms with E-state index in [4.69, 9.17) is 21.7 Å². The van der Waals surface area contributed by atoms with Crippen LogP contribution in [0.5, 0.6) is 11.6 Å². The van der Waals surface area contributed by atoms with Crippen molar-refractivity contribution < 1.29 is 19.4 Å². The molecule has 0 unspecified atom stereocenters. The summed E-state index contributed by atoms with van der Waals surface area (Å²) < 4.78 is 14.1. The maximum atomic E-state index is 12.1. The third-order valence-electron chi connectivity index (χ3n) is 4.63. The minimum Gasteiger partial charge on any atom is -0.497 e. The van der Waals surface area contributed by atoms with Crippen LogP contribution in [0.4, 0.5) is 0 Å². The lowest BCUT2D eigenvalue weighted by Crippen LogP contribution is -2.13. The highest BCUT2D eigenvalue weighted by Crippen LogP contribution is 2.27. The van der Waals surface area contributed by atoms with E-state index in [0.717, 1.165) is 17.0 Å². The fraction of sp³-hybridized carbons (Fsp3) is 0.273. The number of benzene rings is 2. The van der Waals surface area contributed by atoms with E-state index >= 15 is 0 Å².